The molecule has 0 unspecified atom stereocenters. The number of nitrogens with zero attached hydrogens (tertiary/aromatic N) is 3. The summed E-state index contributed by atoms with van der Waals surface area (Å²) >= 11 is 0. The molecule has 67 heavy (non-hydrogen) atoms. The van der Waals surface area contributed by atoms with Crippen LogP contribution in [0.25, 0.3) is 83.9 Å². The third-order valence-electron chi connectivity index (χ3n) is 12.3. The summed E-state index contributed by atoms with van der Waals surface area (Å²) in [5, 5.41) is 12.7. The standard InChI is InChI=1S/C62H60N3O.Pt/c1-39-25-27-41(28-26-39)44-29-30-63-54(35-44)46-32-45(33-47(34-46)60(3,4)5)49-23-18-24-55-57(49)64-59(52-36-48(61(6,7)8)37-53(58(52)66)62(9,10)11)65(55)56-38-50(42-19-14-12-15-20-42)40(2)31-51(56)43-21-16-13-17-22-43;/h12-31,33-38,66H,1-11H3;/q-1;/i25D,26D,27D,28D,29D,30D,35D;. The quantitative estimate of drug-likeness (QED) is 0.162. The Morgan fingerprint density at radius 3 is 1.81 bits per heavy atom. The van der Waals surface area contributed by atoms with Gasteiger partial charge in [-0.25, -0.2) is 4.98 Å². The summed E-state index contributed by atoms with van der Waals surface area (Å²) in [6.45, 7) is 22.7. The Hall–Kier alpha value is -6.35. The molecule has 0 aliphatic carbocycles. The fourth-order valence-electron chi connectivity index (χ4n) is 8.56. The Balaban J connectivity index is 0.00000729. The molecule has 0 saturated heterocycles. The van der Waals surface area contributed by atoms with Gasteiger partial charge in [0.15, 0.2) is 0 Å². The minimum absolute atomic E-state index is 0. The molecule has 5 heteroatoms. The number of phenols is 1. The van der Waals surface area contributed by atoms with Crippen molar-refractivity contribution in [1.29, 1.82) is 0 Å². The second-order valence-corrected chi connectivity index (χ2v) is 20.4. The molecule has 4 nitrogen and oxygen atoms in total. The van der Waals surface area contributed by atoms with Crippen LogP contribution in [0.15, 0.2) is 158 Å². The van der Waals surface area contributed by atoms with Gasteiger partial charge in [0.25, 0.3) is 0 Å². The first-order valence-corrected chi connectivity index (χ1v) is 22.6. The van der Waals surface area contributed by atoms with Gasteiger partial charge >= 0.3 is 0 Å². The maximum atomic E-state index is 12.7. The van der Waals surface area contributed by atoms with Crippen molar-refractivity contribution in [3.63, 3.8) is 0 Å². The maximum Gasteiger partial charge on any atom is 0.148 e. The average molecular weight is 1070 g/mol. The number of imidazole rings is 1. The van der Waals surface area contributed by atoms with Crippen molar-refractivity contribution in [3.05, 3.63) is 192 Å². The molecule has 0 aliphatic heterocycles. The normalized spacial score (nSPS) is 13.5. The summed E-state index contributed by atoms with van der Waals surface area (Å²) in [5.41, 5.74) is 10.9. The molecule has 340 valence electrons. The molecule has 0 fully saturated rings. The van der Waals surface area contributed by atoms with Crippen LogP contribution < -0.4 is 0 Å². The van der Waals surface area contributed by atoms with Crippen LogP contribution in [0.2, 0.25) is 0 Å². The van der Waals surface area contributed by atoms with E-state index < -0.39 is 35.1 Å². The SMILES string of the molecule is [2H]c1nc(-c2[c-]c(-c3cccc4c3nc(-c3cc(C(C)(C)C)cc(C(C)(C)C)c3O)n4-c3cc(-c4ccccc4)c(C)cc3-c3ccccc3)cc(C(C)(C)C)c2)c([2H])c(-c2c([2H])c([2H])c(C)c([2H])c2[2H])c1[2H].[Pt]. The van der Waals surface area contributed by atoms with E-state index in [-0.39, 0.29) is 72.7 Å². The Morgan fingerprint density at radius 2 is 1.18 bits per heavy atom. The Bertz CT molecular complexity index is 3650. The van der Waals surface area contributed by atoms with Gasteiger partial charge in [-0.05, 0) is 99.3 Å². The molecule has 0 atom stereocenters. The van der Waals surface area contributed by atoms with Crippen LogP contribution in [-0.4, -0.2) is 19.6 Å². The van der Waals surface area contributed by atoms with Gasteiger partial charge in [0, 0.05) is 44.1 Å². The zero-order valence-electron chi connectivity index (χ0n) is 47.1. The number of para-hydroxylation sites is 1. The Labute approximate surface area is 421 Å². The first-order chi connectivity index (χ1) is 34.3. The number of pyridine rings is 1. The van der Waals surface area contributed by atoms with E-state index in [0.29, 0.717) is 33.6 Å². The van der Waals surface area contributed by atoms with Gasteiger partial charge in [-0.15, -0.1) is 29.3 Å². The van der Waals surface area contributed by atoms with Crippen LogP contribution in [0, 0.1) is 19.9 Å². The number of aromatic nitrogens is 3. The second kappa shape index (κ2) is 18.0. The van der Waals surface area contributed by atoms with Crippen LogP contribution in [-0.2, 0) is 37.3 Å². The molecule has 7 aromatic carbocycles. The molecule has 2 aromatic heterocycles. The Morgan fingerprint density at radius 1 is 0.567 bits per heavy atom. The van der Waals surface area contributed by atoms with Crippen LogP contribution in [0.4, 0.5) is 0 Å². The van der Waals surface area contributed by atoms with E-state index in [4.69, 9.17) is 13.2 Å². The fraction of sp³-hybridized carbons (Fsp3) is 0.226. The molecule has 1 N–H and O–H groups in total. The largest absolute Gasteiger partial charge is 0.507 e. The van der Waals surface area contributed by atoms with Gasteiger partial charge in [0.1, 0.15) is 11.6 Å². The number of phenolic OH excluding ortho intramolecular Hbond substituents is 1. The maximum absolute atomic E-state index is 12.7. The summed E-state index contributed by atoms with van der Waals surface area (Å²) in [6.07, 6.45) is -0.478. The molecule has 0 bridgehead atoms. The van der Waals surface area contributed by atoms with Gasteiger partial charge < -0.3 is 5.11 Å². The molecular weight excluding hydrogens is 998 g/mol. The number of benzene rings is 7. The summed E-state index contributed by atoms with van der Waals surface area (Å²) < 4.78 is 64.6. The van der Waals surface area contributed by atoms with Gasteiger partial charge in [-0.2, -0.15) is 0 Å². The van der Waals surface area contributed by atoms with Crippen molar-refractivity contribution in [3.8, 4) is 78.6 Å². The van der Waals surface area contributed by atoms with Crippen molar-refractivity contribution in [2.24, 2.45) is 0 Å². The van der Waals surface area contributed by atoms with Crippen molar-refractivity contribution in [2.45, 2.75) is 92.4 Å². The monoisotopic (exact) mass is 1060 g/mol. The Kier molecular flexibility index (Phi) is 10.4. The minimum Gasteiger partial charge on any atom is -0.507 e. The molecule has 9 rings (SSSR count). The number of aromatic hydroxyl groups is 1. The number of aryl methyl sites for hydroxylation is 1. The van der Waals surface area contributed by atoms with Gasteiger partial charge in [0.2, 0.25) is 0 Å². The van der Waals surface area contributed by atoms with Crippen LogP contribution in [0.5, 0.6) is 5.75 Å². The molecule has 9 aromatic rings. The second-order valence-electron chi connectivity index (χ2n) is 20.4. The predicted molar refractivity (Wildman–Crippen MR) is 278 cm³/mol. The average Bonchev–Trinajstić information content (AvgIpc) is 3.73. The van der Waals surface area contributed by atoms with E-state index in [9.17, 15) is 6.48 Å². The molecule has 2 heterocycles. The van der Waals surface area contributed by atoms with Crippen LogP contribution in [0.3, 0.4) is 0 Å². The molecule has 0 saturated carbocycles. The number of hydrogen-bond donors (Lipinski definition) is 1. The van der Waals surface area contributed by atoms with E-state index in [1.165, 1.54) is 6.92 Å². The van der Waals surface area contributed by atoms with Crippen molar-refractivity contribution in [2.75, 3.05) is 0 Å². The number of hydrogen-bond acceptors (Lipinski definition) is 3. The topological polar surface area (TPSA) is 50.9 Å². The van der Waals surface area contributed by atoms with Crippen molar-refractivity contribution < 1.29 is 35.8 Å². The van der Waals surface area contributed by atoms with Crippen molar-refractivity contribution >= 4 is 11.0 Å². The summed E-state index contributed by atoms with van der Waals surface area (Å²) in [6, 6.07) is 40.6. The third-order valence-corrected chi connectivity index (χ3v) is 12.3. The fourth-order valence-corrected chi connectivity index (χ4v) is 8.56. The van der Waals surface area contributed by atoms with Gasteiger partial charge in [-0.1, -0.05) is 188 Å². The first kappa shape index (κ1) is 38.7. The smallest absolute Gasteiger partial charge is 0.148 e. The summed E-state index contributed by atoms with van der Waals surface area (Å²) in [4.78, 5) is 10.1. The molecule has 0 aliphatic rings. The first-order valence-electron chi connectivity index (χ1n) is 26.1. The molecular formula is C62H60N3OPt-. The third kappa shape index (κ3) is 9.34. The molecule has 0 radical (unpaired) electrons. The summed E-state index contributed by atoms with van der Waals surface area (Å²) in [7, 11) is 0. The van der Waals surface area contributed by atoms with E-state index >= 15 is 0 Å². The number of fused-ring (bicyclic) bond motifs is 1. The van der Waals surface area contributed by atoms with E-state index in [0.717, 1.165) is 55.7 Å². The van der Waals surface area contributed by atoms with E-state index in [1.54, 1.807) is 0 Å². The van der Waals surface area contributed by atoms with E-state index in [2.05, 4.69) is 139 Å². The van der Waals surface area contributed by atoms with Crippen LogP contribution >= 0.6 is 0 Å². The predicted octanol–water partition coefficient (Wildman–Crippen LogP) is 16.4. The summed E-state index contributed by atoms with van der Waals surface area (Å²) in [5.74, 6) is 0.675. The molecule has 0 spiro atoms. The number of rotatable bonds is 7. The van der Waals surface area contributed by atoms with Gasteiger partial charge in [-0.3, -0.25) is 9.55 Å². The van der Waals surface area contributed by atoms with E-state index in [1.807, 2.05) is 60.7 Å². The minimum atomic E-state index is -0.478. The molecule has 0 amide bonds. The zero-order valence-corrected chi connectivity index (χ0v) is 42.3. The zero-order chi connectivity index (χ0) is 52.8. The van der Waals surface area contributed by atoms with Gasteiger partial charge in [0.05, 0.1) is 31.9 Å². The van der Waals surface area contributed by atoms with Crippen molar-refractivity contribution in [1.82, 2.24) is 14.5 Å². The van der Waals surface area contributed by atoms with Crippen LogP contribution in [0.1, 0.15) is 99.7 Å².